The lowest BCUT2D eigenvalue weighted by Gasteiger charge is -2.21. The van der Waals surface area contributed by atoms with E-state index in [2.05, 4.69) is 40.2 Å². The number of carbonyl (C=O) groups excluding carboxylic acids is 1. The third-order valence-electron chi connectivity index (χ3n) is 2.06. The van der Waals surface area contributed by atoms with E-state index in [0.29, 0.717) is 12.1 Å². The van der Waals surface area contributed by atoms with Crippen LogP contribution in [0, 0.1) is 5.41 Å². The van der Waals surface area contributed by atoms with Crippen molar-refractivity contribution in [1.82, 2.24) is 15.1 Å². The molecule has 1 rings (SSSR count). The first-order valence-corrected chi connectivity index (χ1v) is 5.89. The number of amides is 1. The molecular formula is C10H16BrN3O. The van der Waals surface area contributed by atoms with Gasteiger partial charge in [-0.15, -0.1) is 0 Å². The SMILES string of the molecule is Cn1cc(C(=O)NCC(C)(C)CBr)cn1. The molecule has 1 aromatic heterocycles. The molecule has 0 bridgehead atoms. The minimum absolute atomic E-state index is 0.0673. The summed E-state index contributed by atoms with van der Waals surface area (Å²) in [5, 5.41) is 7.68. The van der Waals surface area contributed by atoms with Crippen LogP contribution in [-0.4, -0.2) is 27.6 Å². The number of hydrogen-bond acceptors (Lipinski definition) is 2. The second kappa shape index (κ2) is 4.79. The Hall–Kier alpha value is -0.840. The zero-order valence-electron chi connectivity index (χ0n) is 9.25. The van der Waals surface area contributed by atoms with Crippen molar-refractivity contribution in [3.05, 3.63) is 18.0 Å². The van der Waals surface area contributed by atoms with Gasteiger partial charge in [0.25, 0.3) is 5.91 Å². The number of halogens is 1. The number of carbonyl (C=O) groups is 1. The summed E-state index contributed by atoms with van der Waals surface area (Å²) < 4.78 is 1.62. The Kier molecular flexibility index (Phi) is 3.90. The van der Waals surface area contributed by atoms with E-state index < -0.39 is 0 Å². The highest BCUT2D eigenvalue weighted by atomic mass is 79.9. The Labute approximate surface area is 98.2 Å². The maximum absolute atomic E-state index is 11.6. The van der Waals surface area contributed by atoms with E-state index in [0.717, 1.165) is 5.33 Å². The first-order chi connectivity index (χ1) is 6.94. The number of rotatable bonds is 4. The van der Waals surface area contributed by atoms with Crippen molar-refractivity contribution in [2.45, 2.75) is 13.8 Å². The normalized spacial score (nSPS) is 11.5. The van der Waals surface area contributed by atoms with Gasteiger partial charge in [-0.1, -0.05) is 29.8 Å². The average molecular weight is 274 g/mol. The van der Waals surface area contributed by atoms with E-state index >= 15 is 0 Å². The van der Waals surface area contributed by atoms with Crippen molar-refractivity contribution in [1.29, 1.82) is 0 Å². The van der Waals surface area contributed by atoms with Gasteiger partial charge >= 0.3 is 0 Å². The molecule has 1 amide bonds. The van der Waals surface area contributed by atoms with E-state index in [1.807, 2.05) is 0 Å². The molecule has 1 aromatic rings. The monoisotopic (exact) mass is 273 g/mol. The first-order valence-electron chi connectivity index (χ1n) is 4.77. The van der Waals surface area contributed by atoms with Crippen molar-refractivity contribution in [2.24, 2.45) is 12.5 Å². The average Bonchev–Trinajstić information content (AvgIpc) is 2.61. The van der Waals surface area contributed by atoms with Gasteiger partial charge in [0.05, 0.1) is 11.8 Å². The minimum atomic E-state index is -0.0721. The molecule has 0 radical (unpaired) electrons. The molecule has 0 aliphatic rings. The van der Waals surface area contributed by atoms with Gasteiger partial charge in [-0.2, -0.15) is 5.10 Å². The number of alkyl halides is 1. The lowest BCUT2D eigenvalue weighted by Crippen LogP contribution is -2.34. The molecule has 0 aliphatic carbocycles. The fourth-order valence-corrected chi connectivity index (χ4v) is 1.21. The van der Waals surface area contributed by atoms with Gasteiger partial charge in [0, 0.05) is 25.1 Å². The van der Waals surface area contributed by atoms with E-state index in [1.165, 1.54) is 0 Å². The molecule has 1 N–H and O–H groups in total. The maximum atomic E-state index is 11.6. The summed E-state index contributed by atoms with van der Waals surface area (Å²) in [6.07, 6.45) is 3.27. The summed E-state index contributed by atoms with van der Waals surface area (Å²) in [6.45, 7) is 4.82. The topological polar surface area (TPSA) is 46.9 Å². The molecule has 1 heterocycles. The van der Waals surface area contributed by atoms with Crippen LogP contribution in [0.2, 0.25) is 0 Å². The third kappa shape index (κ3) is 3.66. The van der Waals surface area contributed by atoms with E-state index in [9.17, 15) is 4.79 Å². The fraction of sp³-hybridized carbons (Fsp3) is 0.600. The smallest absolute Gasteiger partial charge is 0.254 e. The quantitative estimate of drug-likeness (QED) is 0.847. The van der Waals surface area contributed by atoms with Crippen molar-refractivity contribution in [2.75, 3.05) is 11.9 Å². The van der Waals surface area contributed by atoms with Gasteiger partial charge in [-0.05, 0) is 5.41 Å². The summed E-state index contributed by atoms with van der Waals surface area (Å²) in [5.74, 6) is -0.0721. The molecule has 0 saturated carbocycles. The Balaban J connectivity index is 2.50. The zero-order chi connectivity index (χ0) is 11.5. The summed E-state index contributed by atoms with van der Waals surface area (Å²) in [4.78, 5) is 11.6. The number of nitrogens with zero attached hydrogens (tertiary/aromatic N) is 2. The van der Waals surface area contributed by atoms with Gasteiger partial charge < -0.3 is 5.32 Å². The zero-order valence-corrected chi connectivity index (χ0v) is 10.8. The van der Waals surface area contributed by atoms with Crippen LogP contribution in [0.15, 0.2) is 12.4 Å². The number of hydrogen-bond donors (Lipinski definition) is 1. The van der Waals surface area contributed by atoms with Crippen molar-refractivity contribution < 1.29 is 4.79 Å². The molecule has 15 heavy (non-hydrogen) atoms. The largest absolute Gasteiger partial charge is 0.351 e. The summed E-state index contributed by atoms with van der Waals surface area (Å²) in [5.41, 5.74) is 0.667. The van der Waals surface area contributed by atoms with Gasteiger partial charge in [0.2, 0.25) is 0 Å². The van der Waals surface area contributed by atoms with Gasteiger partial charge in [-0.25, -0.2) is 0 Å². The van der Waals surface area contributed by atoms with Crippen LogP contribution in [0.1, 0.15) is 24.2 Å². The summed E-state index contributed by atoms with van der Waals surface area (Å²) >= 11 is 3.41. The second-order valence-electron chi connectivity index (χ2n) is 4.38. The molecular weight excluding hydrogens is 258 g/mol. The number of nitrogens with one attached hydrogen (secondary N) is 1. The van der Waals surface area contributed by atoms with Crippen LogP contribution in [0.4, 0.5) is 0 Å². The van der Waals surface area contributed by atoms with E-state index in [1.54, 1.807) is 24.1 Å². The fourth-order valence-electron chi connectivity index (χ4n) is 1.01. The highest BCUT2D eigenvalue weighted by Crippen LogP contribution is 2.16. The molecule has 84 valence electrons. The molecule has 5 heteroatoms. The van der Waals surface area contributed by atoms with Gasteiger partial charge in [-0.3, -0.25) is 9.48 Å². The Morgan fingerprint density at radius 2 is 2.33 bits per heavy atom. The first kappa shape index (κ1) is 12.2. The minimum Gasteiger partial charge on any atom is -0.351 e. The van der Waals surface area contributed by atoms with Crippen LogP contribution in [0.3, 0.4) is 0 Å². The second-order valence-corrected chi connectivity index (χ2v) is 4.94. The molecule has 0 unspecified atom stereocenters. The lowest BCUT2D eigenvalue weighted by molar-refractivity contribution is 0.0940. The van der Waals surface area contributed by atoms with Crippen molar-refractivity contribution >= 4 is 21.8 Å². The Bertz CT molecular complexity index is 346. The highest BCUT2D eigenvalue weighted by molar-refractivity contribution is 9.09. The molecule has 0 saturated heterocycles. The van der Waals surface area contributed by atoms with Crippen molar-refractivity contribution in [3.8, 4) is 0 Å². The summed E-state index contributed by atoms with van der Waals surface area (Å²) in [7, 11) is 1.79. The lowest BCUT2D eigenvalue weighted by atomic mass is 9.97. The predicted octanol–water partition coefficient (Wildman–Crippen LogP) is 1.57. The molecule has 0 aliphatic heterocycles. The molecule has 0 fully saturated rings. The van der Waals surface area contributed by atoms with Crippen LogP contribution in [-0.2, 0) is 7.05 Å². The number of aromatic nitrogens is 2. The molecule has 0 aromatic carbocycles. The van der Waals surface area contributed by atoms with Crippen LogP contribution >= 0.6 is 15.9 Å². The van der Waals surface area contributed by atoms with Crippen LogP contribution in [0.25, 0.3) is 0 Å². The van der Waals surface area contributed by atoms with Gasteiger partial charge in [0.1, 0.15) is 0 Å². The summed E-state index contributed by atoms with van der Waals surface area (Å²) in [6, 6.07) is 0. The van der Waals surface area contributed by atoms with E-state index in [-0.39, 0.29) is 11.3 Å². The number of aryl methyl sites for hydroxylation is 1. The van der Waals surface area contributed by atoms with E-state index in [4.69, 9.17) is 0 Å². The standard InChI is InChI=1S/C10H16BrN3O/c1-10(2,6-11)7-12-9(15)8-4-13-14(3)5-8/h4-5H,6-7H2,1-3H3,(H,12,15). The van der Waals surface area contributed by atoms with Crippen LogP contribution in [0.5, 0.6) is 0 Å². The Morgan fingerprint density at radius 3 is 2.80 bits per heavy atom. The predicted molar refractivity (Wildman–Crippen MR) is 63.1 cm³/mol. The van der Waals surface area contributed by atoms with Crippen LogP contribution < -0.4 is 5.32 Å². The molecule has 0 atom stereocenters. The molecule has 0 spiro atoms. The Morgan fingerprint density at radius 1 is 1.67 bits per heavy atom. The van der Waals surface area contributed by atoms with Crippen molar-refractivity contribution in [3.63, 3.8) is 0 Å². The van der Waals surface area contributed by atoms with Gasteiger partial charge in [0.15, 0.2) is 0 Å². The molecule has 4 nitrogen and oxygen atoms in total. The maximum Gasteiger partial charge on any atom is 0.254 e. The third-order valence-corrected chi connectivity index (χ3v) is 3.57. The highest BCUT2D eigenvalue weighted by Gasteiger charge is 2.17.